The summed E-state index contributed by atoms with van der Waals surface area (Å²) in [5, 5.41) is 15.0. The molecule has 7 amide bonds. The number of carbonyl (C=O) groups is 7. The summed E-state index contributed by atoms with van der Waals surface area (Å²) < 4.78 is 0. The molecule has 0 aliphatic carbocycles. The van der Waals surface area contributed by atoms with Crippen molar-refractivity contribution < 1.29 is 33.6 Å². The van der Waals surface area contributed by atoms with Crippen molar-refractivity contribution in [1.29, 1.82) is 0 Å². The average molecular weight is 533 g/mol. The third-order valence-corrected chi connectivity index (χ3v) is 5.26. The number of ketones is 1. The molecule has 6 N–H and O–H groups in total. The molecule has 0 aliphatic heterocycles. The molecule has 1 aromatic rings. The van der Waals surface area contributed by atoms with Crippen molar-refractivity contribution >= 4 is 52.7 Å². The van der Waals surface area contributed by atoms with Gasteiger partial charge in [0.1, 0.15) is 11.7 Å². The maximum absolute atomic E-state index is 12.4. The first-order valence-electron chi connectivity index (χ1n) is 12.1. The van der Waals surface area contributed by atoms with E-state index in [9.17, 15) is 33.6 Å². The zero-order valence-electron chi connectivity index (χ0n) is 22.3. The number of rotatable bonds is 13. The SMILES string of the molecule is CC(=O)CCNC(=O)[C@H](C)C(=O)NCCC(=O)Nc1cc(NC(=O)CCNC(=O)NC(C)=O)c(C)cc1C. The van der Waals surface area contributed by atoms with Crippen LogP contribution in [0.2, 0.25) is 0 Å². The minimum Gasteiger partial charge on any atom is -0.355 e. The van der Waals surface area contributed by atoms with Crippen LogP contribution in [0.25, 0.3) is 0 Å². The first-order chi connectivity index (χ1) is 17.8. The highest BCUT2D eigenvalue weighted by molar-refractivity contribution is 6.00. The van der Waals surface area contributed by atoms with Crippen molar-refractivity contribution in [3.05, 3.63) is 23.3 Å². The number of anilines is 2. The minimum absolute atomic E-state index is 0.00837. The monoisotopic (exact) mass is 532 g/mol. The molecule has 0 unspecified atom stereocenters. The highest BCUT2D eigenvalue weighted by atomic mass is 16.2. The molecule has 0 fully saturated rings. The lowest BCUT2D eigenvalue weighted by Crippen LogP contribution is -2.41. The summed E-state index contributed by atoms with van der Waals surface area (Å²) in [6.07, 6.45) is 0.100. The van der Waals surface area contributed by atoms with Crippen molar-refractivity contribution in [2.24, 2.45) is 5.92 Å². The molecule has 0 radical (unpaired) electrons. The topological polar surface area (TPSA) is 192 Å². The Morgan fingerprint density at radius 3 is 1.58 bits per heavy atom. The van der Waals surface area contributed by atoms with Crippen molar-refractivity contribution in [3.8, 4) is 0 Å². The second-order valence-electron chi connectivity index (χ2n) is 8.77. The minimum atomic E-state index is -0.978. The van der Waals surface area contributed by atoms with E-state index in [1.54, 1.807) is 26.0 Å². The Hall–Kier alpha value is -4.29. The van der Waals surface area contributed by atoms with Crippen LogP contribution >= 0.6 is 0 Å². The van der Waals surface area contributed by atoms with Crippen LogP contribution in [-0.4, -0.2) is 61.0 Å². The third kappa shape index (κ3) is 12.1. The lowest BCUT2D eigenvalue weighted by Gasteiger charge is -2.15. The maximum atomic E-state index is 12.4. The number of imide groups is 1. The van der Waals surface area contributed by atoms with Gasteiger partial charge < -0.3 is 26.6 Å². The summed E-state index contributed by atoms with van der Waals surface area (Å²) >= 11 is 0. The predicted molar refractivity (Wildman–Crippen MR) is 140 cm³/mol. The van der Waals surface area contributed by atoms with Gasteiger partial charge in [0, 0.05) is 57.2 Å². The summed E-state index contributed by atoms with van der Waals surface area (Å²) in [4.78, 5) is 82.0. The number of nitrogens with one attached hydrogen (secondary N) is 6. The average Bonchev–Trinajstić information content (AvgIpc) is 2.80. The van der Waals surface area contributed by atoms with Gasteiger partial charge in [-0.2, -0.15) is 0 Å². The van der Waals surface area contributed by atoms with Gasteiger partial charge in [0.25, 0.3) is 0 Å². The number of aryl methyl sites for hydroxylation is 2. The Kier molecular flexibility index (Phi) is 13.1. The van der Waals surface area contributed by atoms with Crippen molar-refractivity contribution in [3.63, 3.8) is 0 Å². The zero-order chi connectivity index (χ0) is 28.8. The van der Waals surface area contributed by atoms with Crippen LogP contribution in [0.4, 0.5) is 16.2 Å². The highest BCUT2D eigenvalue weighted by Crippen LogP contribution is 2.25. The largest absolute Gasteiger partial charge is 0.355 e. The molecule has 1 atom stereocenters. The quantitative estimate of drug-likeness (QED) is 0.201. The van der Waals surface area contributed by atoms with E-state index in [4.69, 9.17) is 0 Å². The molecule has 0 bridgehead atoms. The molecule has 1 rings (SSSR count). The molecule has 13 nitrogen and oxygen atoms in total. The van der Waals surface area contributed by atoms with Gasteiger partial charge in [-0.3, -0.25) is 34.1 Å². The van der Waals surface area contributed by atoms with Gasteiger partial charge in [-0.05, 0) is 44.9 Å². The van der Waals surface area contributed by atoms with Crippen LogP contribution in [0.15, 0.2) is 12.1 Å². The summed E-state index contributed by atoms with van der Waals surface area (Å²) in [5.74, 6) is -3.37. The summed E-state index contributed by atoms with van der Waals surface area (Å²) in [5.41, 5.74) is 2.47. The van der Waals surface area contributed by atoms with Crippen LogP contribution in [-0.2, 0) is 28.8 Å². The Morgan fingerprint density at radius 2 is 1.13 bits per heavy atom. The van der Waals surface area contributed by atoms with Gasteiger partial charge in [-0.1, -0.05) is 6.07 Å². The molecule has 0 saturated heterocycles. The molecule has 0 spiro atoms. The molecule has 1 aromatic carbocycles. The van der Waals surface area contributed by atoms with E-state index in [1.807, 2.05) is 5.32 Å². The first-order valence-corrected chi connectivity index (χ1v) is 12.1. The molecule has 0 heterocycles. The Labute approximate surface area is 221 Å². The van der Waals surface area contributed by atoms with Crippen molar-refractivity contribution in [2.75, 3.05) is 30.3 Å². The zero-order valence-corrected chi connectivity index (χ0v) is 22.3. The molecule has 0 saturated carbocycles. The van der Waals surface area contributed by atoms with Crippen LogP contribution in [0.5, 0.6) is 0 Å². The van der Waals surface area contributed by atoms with E-state index < -0.39 is 29.7 Å². The number of amides is 7. The first kappa shape index (κ1) is 31.7. The summed E-state index contributed by atoms with van der Waals surface area (Å²) in [6, 6.07) is 2.71. The van der Waals surface area contributed by atoms with Crippen molar-refractivity contribution in [1.82, 2.24) is 21.3 Å². The fourth-order valence-corrected chi connectivity index (χ4v) is 3.13. The van der Waals surface area contributed by atoms with E-state index in [1.165, 1.54) is 20.8 Å². The van der Waals surface area contributed by atoms with Crippen LogP contribution < -0.4 is 31.9 Å². The van der Waals surface area contributed by atoms with Crippen LogP contribution in [0, 0.1) is 19.8 Å². The van der Waals surface area contributed by atoms with Gasteiger partial charge in [-0.25, -0.2) is 4.79 Å². The van der Waals surface area contributed by atoms with E-state index in [2.05, 4.69) is 26.6 Å². The van der Waals surface area contributed by atoms with Gasteiger partial charge in [-0.15, -0.1) is 0 Å². The van der Waals surface area contributed by atoms with Gasteiger partial charge in [0.05, 0.1) is 0 Å². The Morgan fingerprint density at radius 1 is 0.684 bits per heavy atom. The van der Waals surface area contributed by atoms with Gasteiger partial charge in [0.15, 0.2) is 0 Å². The Bertz CT molecular complexity index is 1090. The maximum Gasteiger partial charge on any atom is 0.321 e. The molecule has 0 aromatic heterocycles. The lowest BCUT2D eigenvalue weighted by atomic mass is 10.1. The Balaban J connectivity index is 2.56. The number of benzene rings is 1. The fraction of sp³-hybridized carbons (Fsp3) is 0.480. The van der Waals surface area contributed by atoms with E-state index in [0.29, 0.717) is 11.4 Å². The van der Waals surface area contributed by atoms with Gasteiger partial charge >= 0.3 is 6.03 Å². The molecule has 38 heavy (non-hydrogen) atoms. The normalized spacial score (nSPS) is 11.0. The lowest BCUT2D eigenvalue weighted by molar-refractivity contribution is -0.134. The van der Waals surface area contributed by atoms with Crippen LogP contribution in [0.1, 0.15) is 51.2 Å². The second-order valence-corrected chi connectivity index (χ2v) is 8.77. The second kappa shape index (κ2) is 15.7. The smallest absolute Gasteiger partial charge is 0.321 e. The van der Waals surface area contributed by atoms with E-state index in [-0.39, 0.29) is 56.5 Å². The highest BCUT2D eigenvalue weighted by Gasteiger charge is 2.21. The third-order valence-electron chi connectivity index (χ3n) is 5.26. The molecular weight excluding hydrogens is 496 g/mol. The molecule has 13 heteroatoms. The summed E-state index contributed by atoms with van der Waals surface area (Å²) in [7, 11) is 0. The number of urea groups is 1. The van der Waals surface area contributed by atoms with Gasteiger partial charge in [0.2, 0.25) is 29.5 Å². The number of hydrogen-bond acceptors (Lipinski definition) is 7. The number of Topliss-reactive ketones (excluding diaryl/α,β-unsaturated/α-hetero) is 1. The molecule has 208 valence electrons. The molecule has 0 aliphatic rings. The van der Waals surface area contributed by atoms with E-state index in [0.717, 1.165) is 11.1 Å². The van der Waals surface area contributed by atoms with Crippen molar-refractivity contribution in [2.45, 2.75) is 53.9 Å². The molecular formula is C25H36N6O7. The number of carbonyl (C=O) groups excluding carboxylic acids is 7. The number of hydrogen-bond donors (Lipinski definition) is 6. The van der Waals surface area contributed by atoms with Crippen LogP contribution in [0.3, 0.4) is 0 Å². The van der Waals surface area contributed by atoms with E-state index >= 15 is 0 Å². The predicted octanol–water partition coefficient (Wildman–Crippen LogP) is 0.654. The fourth-order valence-electron chi connectivity index (χ4n) is 3.13. The standard InChI is InChI=1S/C25H36N6O7/c1-14-12-15(2)20(31-22(35)8-11-28-25(38)29-18(5)33)13-19(14)30-21(34)7-10-27-24(37)17(4)23(36)26-9-6-16(3)32/h12-13,17H,6-11H2,1-5H3,(H,26,36)(H,27,37)(H,30,34)(H,31,35)(H2,28,29,33,38)/t17-/m0/s1. The summed E-state index contributed by atoms with van der Waals surface area (Å²) in [6.45, 7) is 7.80.